The third-order valence-electron chi connectivity index (χ3n) is 2.04. The second kappa shape index (κ2) is 5.65. The van der Waals surface area contributed by atoms with Crippen LogP contribution in [0.4, 0.5) is 0 Å². The van der Waals surface area contributed by atoms with Crippen molar-refractivity contribution >= 4 is 27.7 Å². The van der Waals surface area contributed by atoms with Crippen molar-refractivity contribution in [2.24, 2.45) is 0 Å². The molecule has 0 aliphatic carbocycles. The Hall–Kier alpha value is -1.36. The van der Waals surface area contributed by atoms with Crippen molar-refractivity contribution in [1.29, 1.82) is 0 Å². The molecule has 0 unspecified atom stereocenters. The van der Waals surface area contributed by atoms with Gasteiger partial charge >= 0.3 is 5.97 Å². The molecular weight excluding hydrogens is 276 g/mol. The van der Waals surface area contributed by atoms with Crippen molar-refractivity contribution in [2.45, 2.75) is 12.8 Å². The number of carbonyl (C=O) groups excluding carboxylic acids is 1. The number of halogens is 1. The number of carboxylic acids is 1. The minimum absolute atomic E-state index is 0.00804. The quantitative estimate of drug-likeness (QED) is 0.845. The lowest BCUT2D eigenvalue weighted by Crippen LogP contribution is -2.03. The Balaban J connectivity index is 2.77. The molecule has 0 saturated carbocycles. The first-order valence-electron chi connectivity index (χ1n) is 4.63. The largest absolute Gasteiger partial charge is 0.496 e. The smallest absolute Gasteiger partial charge is 0.303 e. The monoisotopic (exact) mass is 286 g/mol. The summed E-state index contributed by atoms with van der Waals surface area (Å²) in [6, 6.07) is 4.91. The number of ether oxygens (including phenoxy) is 1. The minimum Gasteiger partial charge on any atom is -0.496 e. The summed E-state index contributed by atoms with van der Waals surface area (Å²) >= 11 is 3.26. The lowest BCUT2D eigenvalue weighted by molar-refractivity contribution is -0.136. The molecule has 0 aliphatic rings. The minimum atomic E-state index is -0.971. The van der Waals surface area contributed by atoms with Gasteiger partial charge in [-0.05, 0) is 34.1 Å². The van der Waals surface area contributed by atoms with E-state index >= 15 is 0 Å². The zero-order valence-electron chi connectivity index (χ0n) is 8.70. The van der Waals surface area contributed by atoms with E-state index in [4.69, 9.17) is 9.84 Å². The zero-order chi connectivity index (χ0) is 12.1. The fraction of sp³-hybridized carbons (Fsp3) is 0.273. The van der Waals surface area contributed by atoms with Gasteiger partial charge in [0.1, 0.15) is 5.75 Å². The van der Waals surface area contributed by atoms with Crippen molar-refractivity contribution in [3.05, 3.63) is 28.2 Å². The predicted molar refractivity (Wildman–Crippen MR) is 61.9 cm³/mol. The lowest BCUT2D eigenvalue weighted by atomic mass is 10.1. The van der Waals surface area contributed by atoms with E-state index in [9.17, 15) is 9.59 Å². The van der Waals surface area contributed by atoms with Gasteiger partial charge in [-0.25, -0.2) is 0 Å². The molecule has 5 heteroatoms. The van der Waals surface area contributed by atoms with E-state index in [0.29, 0.717) is 15.8 Å². The van der Waals surface area contributed by atoms with E-state index in [2.05, 4.69) is 15.9 Å². The number of ketones is 1. The molecule has 0 heterocycles. The van der Waals surface area contributed by atoms with Gasteiger partial charge in [-0.3, -0.25) is 9.59 Å². The van der Waals surface area contributed by atoms with Gasteiger partial charge in [0.15, 0.2) is 5.78 Å². The molecule has 0 aromatic heterocycles. The van der Waals surface area contributed by atoms with Crippen LogP contribution in [-0.2, 0) is 4.79 Å². The number of hydrogen-bond acceptors (Lipinski definition) is 3. The van der Waals surface area contributed by atoms with Crippen LogP contribution in [0.3, 0.4) is 0 Å². The molecule has 1 aromatic rings. The fourth-order valence-electron chi connectivity index (χ4n) is 1.20. The van der Waals surface area contributed by atoms with Crippen LogP contribution < -0.4 is 4.74 Å². The van der Waals surface area contributed by atoms with Crippen LogP contribution in [0.25, 0.3) is 0 Å². The van der Waals surface area contributed by atoms with Crippen molar-refractivity contribution in [2.75, 3.05) is 7.11 Å². The number of carboxylic acid groups (broad SMARTS) is 1. The summed E-state index contributed by atoms with van der Waals surface area (Å²) in [7, 11) is 1.53. The van der Waals surface area contributed by atoms with Crippen LogP contribution in [0.15, 0.2) is 22.7 Å². The van der Waals surface area contributed by atoms with Gasteiger partial charge in [0.2, 0.25) is 0 Å². The molecule has 86 valence electrons. The topological polar surface area (TPSA) is 63.6 Å². The molecule has 1 rings (SSSR count). The number of benzene rings is 1. The highest BCUT2D eigenvalue weighted by Gasteiger charge is 2.10. The van der Waals surface area contributed by atoms with Crippen LogP contribution in [0.1, 0.15) is 23.2 Å². The van der Waals surface area contributed by atoms with E-state index in [1.54, 1.807) is 18.2 Å². The average Bonchev–Trinajstić information content (AvgIpc) is 2.25. The normalized spacial score (nSPS) is 9.88. The number of aliphatic carboxylic acids is 1. The van der Waals surface area contributed by atoms with E-state index in [0.717, 1.165) is 0 Å². The van der Waals surface area contributed by atoms with Crippen LogP contribution >= 0.6 is 15.9 Å². The molecule has 1 N–H and O–H groups in total. The maximum absolute atomic E-state index is 11.6. The molecule has 0 atom stereocenters. The standard InChI is InChI=1S/C11H11BrO4/c1-16-10-4-2-7(6-8(10)12)9(13)3-5-11(14)15/h2,4,6H,3,5H2,1H3,(H,14,15). The van der Waals surface area contributed by atoms with Crippen molar-refractivity contribution in [3.8, 4) is 5.75 Å². The number of carbonyl (C=O) groups is 2. The first kappa shape index (κ1) is 12.7. The van der Waals surface area contributed by atoms with Crippen molar-refractivity contribution in [1.82, 2.24) is 0 Å². The fourth-order valence-corrected chi connectivity index (χ4v) is 1.75. The molecule has 16 heavy (non-hydrogen) atoms. The summed E-state index contributed by atoms with van der Waals surface area (Å²) in [6.07, 6.45) is -0.142. The Bertz CT molecular complexity index is 414. The number of rotatable bonds is 5. The highest BCUT2D eigenvalue weighted by molar-refractivity contribution is 9.10. The summed E-state index contributed by atoms with van der Waals surface area (Å²) in [4.78, 5) is 21.9. The number of hydrogen-bond donors (Lipinski definition) is 1. The maximum atomic E-state index is 11.6. The van der Waals surface area contributed by atoms with E-state index in [1.807, 2.05) is 0 Å². The first-order valence-corrected chi connectivity index (χ1v) is 5.42. The summed E-state index contributed by atoms with van der Waals surface area (Å²) < 4.78 is 5.70. The predicted octanol–water partition coefficient (Wildman–Crippen LogP) is 2.51. The zero-order valence-corrected chi connectivity index (χ0v) is 10.3. The molecule has 0 bridgehead atoms. The Labute approximate surface area is 101 Å². The second-order valence-corrected chi connectivity index (χ2v) is 4.02. The molecule has 1 aromatic carbocycles. The highest BCUT2D eigenvalue weighted by Crippen LogP contribution is 2.26. The van der Waals surface area contributed by atoms with Crippen LogP contribution in [0, 0.1) is 0 Å². The van der Waals surface area contributed by atoms with Gasteiger partial charge in [0.05, 0.1) is 18.0 Å². The first-order chi connectivity index (χ1) is 7.54. The molecule has 0 amide bonds. The van der Waals surface area contributed by atoms with Crippen LogP contribution in [-0.4, -0.2) is 24.0 Å². The van der Waals surface area contributed by atoms with Gasteiger partial charge < -0.3 is 9.84 Å². The van der Waals surface area contributed by atoms with E-state index in [1.165, 1.54) is 7.11 Å². The Kier molecular flexibility index (Phi) is 4.49. The van der Waals surface area contributed by atoms with Gasteiger partial charge in [0, 0.05) is 12.0 Å². The van der Waals surface area contributed by atoms with Crippen LogP contribution in [0.2, 0.25) is 0 Å². The summed E-state index contributed by atoms with van der Waals surface area (Å²) in [5.41, 5.74) is 0.480. The second-order valence-electron chi connectivity index (χ2n) is 3.17. The average molecular weight is 287 g/mol. The number of methoxy groups -OCH3 is 1. The molecule has 0 aliphatic heterocycles. The van der Waals surface area contributed by atoms with Crippen molar-refractivity contribution < 1.29 is 19.4 Å². The SMILES string of the molecule is COc1ccc(C(=O)CCC(=O)O)cc1Br. The number of Topliss-reactive ketones (excluding diaryl/α,β-unsaturated/α-hetero) is 1. The summed E-state index contributed by atoms with van der Waals surface area (Å²) in [6.45, 7) is 0. The molecule has 0 radical (unpaired) electrons. The van der Waals surface area contributed by atoms with Gasteiger partial charge in [-0.15, -0.1) is 0 Å². The molecular formula is C11H11BrO4. The van der Waals surface area contributed by atoms with E-state index in [-0.39, 0.29) is 18.6 Å². The maximum Gasteiger partial charge on any atom is 0.303 e. The van der Waals surface area contributed by atoms with Crippen LogP contribution in [0.5, 0.6) is 5.75 Å². The summed E-state index contributed by atoms with van der Waals surface area (Å²) in [5, 5.41) is 8.46. The van der Waals surface area contributed by atoms with Gasteiger partial charge in [-0.1, -0.05) is 0 Å². The molecule has 4 nitrogen and oxygen atoms in total. The molecule has 0 spiro atoms. The molecule has 0 saturated heterocycles. The lowest BCUT2D eigenvalue weighted by Gasteiger charge is -2.05. The molecule has 0 fully saturated rings. The third kappa shape index (κ3) is 3.34. The van der Waals surface area contributed by atoms with Crippen molar-refractivity contribution in [3.63, 3.8) is 0 Å². The Morgan fingerprint density at radius 3 is 2.56 bits per heavy atom. The Morgan fingerprint density at radius 2 is 2.06 bits per heavy atom. The van der Waals surface area contributed by atoms with Gasteiger partial charge in [0.25, 0.3) is 0 Å². The van der Waals surface area contributed by atoms with Gasteiger partial charge in [-0.2, -0.15) is 0 Å². The van der Waals surface area contributed by atoms with E-state index < -0.39 is 5.97 Å². The summed E-state index contributed by atoms with van der Waals surface area (Å²) in [5.74, 6) is -0.526. The Morgan fingerprint density at radius 1 is 1.38 bits per heavy atom. The highest BCUT2D eigenvalue weighted by atomic mass is 79.9. The third-order valence-corrected chi connectivity index (χ3v) is 2.66.